The van der Waals surface area contributed by atoms with Gasteiger partial charge in [0.05, 0.1) is 27.4 Å². The SMILES string of the molecule is CCCNC(N)=NCc1cc(OC)c(OCC)c(OC)c1.I. The van der Waals surface area contributed by atoms with E-state index in [0.717, 1.165) is 18.5 Å². The van der Waals surface area contributed by atoms with Crippen LogP contribution in [0, 0.1) is 0 Å². The Morgan fingerprint density at radius 2 is 1.77 bits per heavy atom. The summed E-state index contributed by atoms with van der Waals surface area (Å²) >= 11 is 0. The molecule has 3 N–H and O–H groups in total. The highest BCUT2D eigenvalue weighted by atomic mass is 127. The Kier molecular flexibility index (Phi) is 10.5. The summed E-state index contributed by atoms with van der Waals surface area (Å²) in [6, 6.07) is 3.76. The van der Waals surface area contributed by atoms with E-state index in [1.54, 1.807) is 14.2 Å². The largest absolute Gasteiger partial charge is 0.493 e. The van der Waals surface area contributed by atoms with Gasteiger partial charge >= 0.3 is 0 Å². The fourth-order valence-corrected chi connectivity index (χ4v) is 1.80. The van der Waals surface area contributed by atoms with Crippen LogP contribution in [-0.2, 0) is 6.54 Å². The molecule has 0 fully saturated rings. The normalized spacial score (nSPS) is 10.6. The molecule has 1 rings (SSSR count). The minimum atomic E-state index is 0. The first-order valence-electron chi connectivity index (χ1n) is 7.07. The van der Waals surface area contributed by atoms with E-state index >= 15 is 0 Å². The monoisotopic (exact) mass is 423 g/mol. The lowest BCUT2D eigenvalue weighted by Crippen LogP contribution is -2.32. The van der Waals surface area contributed by atoms with E-state index in [9.17, 15) is 0 Å². The van der Waals surface area contributed by atoms with Crippen LogP contribution in [0.1, 0.15) is 25.8 Å². The zero-order chi connectivity index (χ0) is 15.7. The maximum absolute atomic E-state index is 5.78. The van der Waals surface area contributed by atoms with Gasteiger partial charge in [0.25, 0.3) is 0 Å². The molecule has 1 aromatic rings. The average Bonchev–Trinajstić information content (AvgIpc) is 2.51. The van der Waals surface area contributed by atoms with E-state index in [-0.39, 0.29) is 24.0 Å². The molecule has 0 aliphatic heterocycles. The van der Waals surface area contributed by atoms with Gasteiger partial charge in [-0.1, -0.05) is 6.92 Å². The Labute approximate surface area is 149 Å². The Bertz CT molecular complexity index is 456. The molecule has 0 unspecified atom stereocenters. The second-order valence-electron chi connectivity index (χ2n) is 4.39. The maximum Gasteiger partial charge on any atom is 0.203 e. The van der Waals surface area contributed by atoms with Crippen LogP contribution in [0.3, 0.4) is 0 Å². The van der Waals surface area contributed by atoms with Gasteiger partial charge in [-0.25, -0.2) is 4.99 Å². The summed E-state index contributed by atoms with van der Waals surface area (Å²) < 4.78 is 16.3. The van der Waals surface area contributed by atoms with Crippen molar-refractivity contribution in [3.63, 3.8) is 0 Å². The molecule has 0 aromatic heterocycles. The van der Waals surface area contributed by atoms with Gasteiger partial charge in [0, 0.05) is 6.54 Å². The summed E-state index contributed by atoms with van der Waals surface area (Å²) in [6.45, 7) is 5.78. The van der Waals surface area contributed by atoms with E-state index in [1.807, 2.05) is 19.1 Å². The molecule has 0 atom stereocenters. The van der Waals surface area contributed by atoms with Gasteiger partial charge in [0.15, 0.2) is 17.5 Å². The van der Waals surface area contributed by atoms with Crippen LogP contribution in [0.25, 0.3) is 0 Å². The molecule has 1 aromatic carbocycles. The van der Waals surface area contributed by atoms with Gasteiger partial charge in [-0.2, -0.15) is 0 Å². The van der Waals surface area contributed by atoms with E-state index in [1.165, 1.54) is 0 Å². The molecule has 7 heteroatoms. The molecule has 0 saturated heterocycles. The number of halogens is 1. The molecule has 0 heterocycles. The Morgan fingerprint density at radius 1 is 1.18 bits per heavy atom. The molecule has 0 spiro atoms. The van der Waals surface area contributed by atoms with Crippen molar-refractivity contribution in [3.05, 3.63) is 17.7 Å². The maximum atomic E-state index is 5.78. The fourth-order valence-electron chi connectivity index (χ4n) is 1.80. The number of ether oxygens (including phenoxy) is 3. The van der Waals surface area contributed by atoms with Gasteiger partial charge in [-0.3, -0.25) is 0 Å². The van der Waals surface area contributed by atoms with Crippen molar-refractivity contribution in [1.29, 1.82) is 0 Å². The number of hydrogen-bond donors (Lipinski definition) is 2. The van der Waals surface area contributed by atoms with E-state index in [0.29, 0.717) is 36.4 Å². The Hall–Kier alpha value is -1.38. The molecule has 22 heavy (non-hydrogen) atoms. The number of methoxy groups -OCH3 is 2. The van der Waals surface area contributed by atoms with Crippen LogP contribution >= 0.6 is 24.0 Å². The molecule has 0 saturated carbocycles. The van der Waals surface area contributed by atoms with Crippen molar-refractivity contribution < 1.29 is 14.2 Å². The third-order valence-electron chi connectivity index (χ3n) is 2.80. The molecule has 6 nitrogen and oxygen atoms in total. The number of guanidine groups is 1. The van der Waals surface area contributed by atoms with Crippen LogP contribution in [0.5, 0.6) is 17.2 Å². The third-order valence-corrected chi connectivity index (χ3v) is 2.80. The standard InChI is InChI=1S/C15H25N3O3.HI/c1-5-7-17-15(16)18-10-11-8-12(19-3)14(21-6-2)13(9-11)20-4;/h8-9H,5-7,10H2,1-4H3,(H3,16,17,18);1H. The van der Waals surface area contributed by atoms with Gasteiger partial charge in [-0.05, 0) is 31.0 Å². The number of benzene rings is 1. The smallest absolute Gasteiger partial charge is 0.203 e. The number of hydrogen-bond acceptors (Lipinski definition) is 4. The quantitative estimate of drug-likeness (QED) is 0.382. The van der Waals surface area contributed by atoms with Gasteiger partial charge in [0.2, 0.25) is 5.75 Å². The number of nitrogens with two attached hydrogens (primary N) is 1. The van der Waals surface area contributed by atoms with Crippen molar-refractivity contribution in [3.8, 4) is 17.2 Å². The molecule has 126 valence electrons. The predicted molar refractivity (Wildman–Crippen MR) is 99.8 cm³/mol. The summed E-state index contributed by atoms with van der Waals surface area (Å²) in [5, 5.41) is 3.03. The highest BCUT2D eigenvalue weighted by Gasteiger charge is 2.13. The summed E-state index contributed by atoms with van der Waals surface area (Å²) in [5.41, 5.74) is 6.72. The van der Waals surface area contributed by atoms with Crippen molar-refractivity contribution in [2.45, 2.75) is 26.8 Å². The average molecular weight is 423 g/mol. The minimum absolute atomic E-state index is 0. The van der Waals surface area contributed by atoms with Crippen molar-refractivity contribution in [2.24, 2.45) is 10.7 Å². The lowest BCUT2D eigenvalue weighted by molar-refractivity contribution is 0.288. The topological polar surface area (TPSA) is 78.1 Å². The van der Waals surface area contributed by atoms with Crippen LogP contribution in [-0.4, -0.2) is 33.3 Å². The van der Waals surface area contributed by atoms with Gasteiger partial charge in [-0.15, -0.1) is 24.0 Å². The molecule has 0 amide bonds. The van der Waals surface area contributed by atoms with Crippen LogP contribution < -0.4 is 25.3 Å². The van der Waals surface area contributed by atoms with Crippen LogP contribution in [0.15, 0.2) is 17.1 Å². The number of nitrogens with zero attached hydrogens (tertiary/aromatic N) is 1. The van der Waals surface area contributed by atoms with E-state index in [4.69, 9.17) is 19.9 Å². The van der Waals surface area contributed by atoms with Gasteiger partial charge < -0.3 is 25.3 Å². The molecular formula is C15H26IN3O3. The van der Waals surface area contributed by atoms with Crippen molar-refractivity contribution in [1.82, 2.24) is 5.32 Å². The molecular weight excluding hydrogens is 397 g/mol. The first kappa shape index (κ1) is 20.6. The second-order valence-corrected chi connectivity index (χ2v) is 4.39. The fraction of sp³-hybridized carbons (Fsp3) is 0.533. The van der Waals surface area contributed by atoms with Crippen LogP contribution in [0.4, 0.5) is 0 Å². The summed E-state index contributed by atoms with van der Waals surface area (Å²) in [6.07, 6.45) is 1.00. The second kappa shape index (κ2) is 11.2. The summed E-state index contributed by atoms with van der Waals surface area (Å²) in [7, 11) is 3.20. The highest BCUT2D eigenvalue weighted by Crippen LogP contribution is 2.38. The highest BCUT2D eigenvalue weighted by molar-refractivity contribution is 14.0. The lowest BCUT2D eigenvalue weighted by Gasteiger charge is -2.14. The lowest BCUT2D eigenvalue weighted by atomic mass is 10.2. The summed E-state index contributed by atoms with van der Waals surface area (Å²) in [5.74, 6) is 2.29. The minimum Gasteiger partial charge on any atom is -0.493 e. The molecule has 0 aliphatic carbocycles. The Morgan fingerprint density at radius 3 is 2.23 bits per heavy atom. The van der Waals surface area contributed by atoms with Crippen LogP contribution in [0.2, 0.25) is 0 Å². The van der Waals surface area contributed by atoms with E-state index < -0.39 is 0 Å². The molecule has 0 radical (unpaired) electrons. The Balaban J connectivity index is 0.00000441. The zero-order valence-corrected chi connectivity index (χ0v) is 16.0. The number of rotatable bonds is 8. The molecule has 0 aliphatic rings. The van der Waals surface area contributed by atoms with Crippen molar-refractivity contribution in [2.75, 3.05) is 27.4 Å². The third kappa shape index (κ3) is 6.17. The van der Waals surface area contributed by atoms with Crippen molar-refractivity contribution >= 4 is 29.9 Å². The predicted octanol–water partition coefficient (Wildman–Crippen LogP) is 2.53. The van der Waals surface area contributed by atoms with E-state index in [2.05, 4.69) is 17.2 Å². The summed E-state index contributed by atoms with van der Waals surface area (Å²) in [4.78, 5) is 4.29. The number of nitrogens with one attached hydrogen (secondary N) is 1. The number of aliphatic imine (C=N–C) groups is 1. The first-order chi connectivity index (χ1) is 10.2. The van der Waals surface area contributed by atoms with Gasteiger partial charge in [0.1, 0.15) is 0 Å². The zero-order valence-electron chi connectivity index (χ0n) is 13.6. The first-order valence-corrected chi connectivity index (χ1v) is 7.07. The molecule has 0 bridgehead atoms.